The summed E-state index contributed by atoms with van der Waals surface area (Å²) in [7, 11) is 0. The monoisotopic (exact) mass is 256 g/mol. The van der Waals surface area contributed by atoms with Crippen molar-refractivity contribution >= 4 is 0 Å². The van der Waals surface area contributed by atoms with Crippen LogP contribution in [0.5, 0.6) is 0 Å². The molecule has 1 atom stereocenters. The minimum atomic E-state index is 0.0737. The van der Waals surface area contributed by atoms with Gasteiger partial charge in [0.2, 0.25) is 0 Å². The maximum absolute atomic E-state index is 4.32. The van der Waals surface area contributed by atoms with Gasteiger partial charge in [0, 0.05) is 30.7 Å². The Hall–Kier alpha value is -1.84. The molecule has 0 aliphatic carbocycles. The average Bonchev–Trinajstić information content (AvgIpc) is 2.47. The van der Waals surface area contributed by atoms with Crippen molar-refractivity contribution < 1.29 is 0 Å². The number of hydrogen-bond donors (Lipinski definition) is 0. The maximum atomic E-state index is 4.32. The maximum Gasteiger partial charge on any atom is 0.130 e. The molecule has 0 fully saturated rings. The molecule has 1 unspecified atom stereocenters. The van der Waals surface area contributed by atoms with E-state index in [0.717, 1.165) is 18.7 Å². The minimum Gasteiger partial charge on any atom is -0.245 e. The highest BCUT2D eigenvalue weighted by atomic mass is 14.9. The third kappa shape index (κ3) is 3.56. The fraction of sp³-hybridized carbons (Fsp3) is 0.467. The van der Waals surface area contributed by atoms with Crippen LogP contribution in [0.15, 0.2) is 37.2 Å². The fourth-order valence-electron chi connectivity index (χ4n) is 2.06. The zero-order valence-corrected chi connectivity index (χ0v) is 11.7. The van der Waals surface area contributed by atoms with Crippen molar-refractivity contribution in [1.82, 2.24) is 19.9 Å². The fourth-order valence-corrected chi connectivity index (χ4v) is 2.06. The first-order valence-corrected chi connectivity index (χ1v) is 6.62. The van der Waals surface area contributed by atoms with Gasteiger partial charge in [0.25, 0.3) is 0 Å². The normalized spacial score (nSPS) is 13.2. The van der Waals surface area contributed by atoms with Crippen LogP contribution in [0.3, 0.4) is 0 Å². The van der Waals surface area contributed by atoms with E-state index in [9.17, 15) is 0 Å². The Morgan fingerprint density at radius 3 is 2.37 bits per heavy atom. The van der Waals surface area contributed by atoms with Gasteiger partial charge in [-0.05, 0) is 29.9 Å². The summed E-state index contributed by atoms with van der Waals surface area (Å²) in [6, 6.07) is 1.85. The summed E-state index contributed by atoms with van der Waals surface area (Å²) in [5.74, 6) is 1.28. The molecule has 2 rings (SSSR count). The molecule has 0 radical (unpaired) electrons. The van der Waals surface area contributed by atoms with Crippen molar-refractivity contribution in [3.8, 4) is 0 Å². The Morgan fingerprint density at radius 2 is 1.74 bits per heavy atom. The Morgan fingerprint density at radius 1 is 1.11 bits per heavy atom. The molecule has 0 bridgehead atoms. The Balaban J connectivity index is 1.99. The van der Waals surface area contributed by atoms with Crippen molar-refractivity contribution in [1.29, 1.82) is 0 Å². The molecule has 0 saturated carbocycles. The van der Waals surface area contributed by atoms with E-state index in [1.54, 1.807) is 18.7 Å². The molecular formula is C15H20N4. The van der Waals surface area contributed by atoms with Gasteiger partial charge in [-0.1, -0.05) is 20.8 Å². The van der Waals surface area contributed by atoms with E-state index in [2.05, 4.69) is 40.7 Å². The minimum absolute atomic E-state index is 0.0737. The summed E-state index contributed by atoms with van der Waals surface area (Å²) in [6.45, 7) is 6.63. The molecule has 0 aromatic carbocycles. The second-order valence-corrected chi connectivity index (χ2v) is 5.56. The smallest absolute Gasteiger partial charge is 0.130 e. The van der Waals surface area contributed by atoms with E-state index in [4.69, 9.17) is 0 Å². The van der Waals surface area contributed by atoms with Gasteiger partial charge in [0.15, 0.2) is 0 Å². The van der Waals surface area contributed by atoms with Crippen LogP contribution in [0.1, 0.15) is 50.9 Å². The van der Waals surface area contributed by atoms with Crippen LogP contribution in [0.4, 0.5) is 0 Å². The first-order valence-electron chi connectivity index (χ1n) is 6.62. The summed E-state index contributed by atoms with van der Waals surface area (Å²) < 4.78 is 0. The van der Waals surface area contributed by atoms with Gasteiger partial charge in [0.05, 0.1) is 0 Å². The van der Waals surface area contributed by atoms with Crippen molar-refractivity contribution in [2.45, 2.75) is 44.9 Å². The lowest BCUT2D eigenvalue weighted by molar-refractivity contribution is 0.431. The summed E-state index contributed by atoms with van der Waals surface area (Å²) in [5.41, 5.74) is 1.25. The first-order chi connectivity index (χ1) is 9.09. The highest BCUT2D eigenvalue weighted by Gasteiger charge is 2.22. The summed E-state index contributed by atoms with van der Waals surface area (Å²) in [6.07, 6.45) is 11.1. The van der Waals surface area contributed by atoms with Gasteiger partial charge < -0.3 is 0 Å². The Bertz CT molecular complexity index is 496. The van der Waals surface area contributed by atoms with E-state index in [1.165, 1.54) is 5.56 Å². The predicted octanol–water partition coefficient (Wildman–Crippen LogP) is 3.13. The van der Waals surface area contributed by atoms with Crippen LogP contribution in [0.2, 0.25) is 0 Å². The van der Waals surface area contributed by atoms with E-state index < -0.39 is 0 Å². The second kappa shape index (κ2) is 5.87. The Kier molecular flexibility index (Phi) is 4.20. The van der Waals surface area contributed by atoms with Gasteiger partial charge >= 0.3 is 0 Å². The van der Waals surface area contributed by atoms with Crippen LogP contribution in [0.25, 0.3) is 0 Å². The molecule has 4 nitrogen and oxygen atoms in total. The second-order valence-electron chi connectivity index (χ2n) is 5.56. The van der Waals surface area contributed by atoms with Crippen LogP contribution < -0.4 is 0 Å². The summed E-state index contributed by atoms with van der Waals surface area (Å²) in [4.78, 5) is 16.8. The van der Waals surface area contributed by atoms with Crippen LogP contribution in [0, 0.1) is 0 Å². The highest BCUT2D eigenvalue weighted by molar-refractivity contribution is 5.15. The molecular weight excluding hydrogens is 236 g/mol. The SMILES string of the molecule is CC(CCC(C)(C)c1cncnc1)c1ncccn1. The topological polar surface area (TPSA) is 51.6 Å². The van der Waals surface area contributed by atoms with E-state index in [-0.39, 0.29) is 5.41 Å². The van der Waals surface area contributed by atoms with E-state index in [1.807, 2.05) is 18.5 Å². The van der Waals surface area contributed by atoms with Gasteiger partial charge in [-0.25, -0.2) is 19.9 Å². The predicted molar refractivity (Wildman–Crippen MR) is 74.7 cm³/mol. The zero-order chi connectivity index (χ0) is 13.7. The molecule has 0 aliphatic heterocycles. The first kappa shape index (κ1) is 13.6. The summed E-state index contributed by atoms with van der Waals surface area (Å²) >= 11 is 0. The van der Waals surface area contributed by atoms with Gasteiger partial charge in [0.1, 0.15) is 12.2 Å². The standard InChI is InChI=1S/C15H20N4/c1-12(14-18-7-4-8-19-14)5-6-15(2,3)13-9-16-11-17-10-13/h4,7-12H,5-6H2,1-3H3. The molecule has 19 heavy (non-hydrogen) atoms. The molecule has 0 N–H and O–H groups in total. The largest absolute Gasteiger partial charge is 0.245 e. The molecule has 0 saturated heterocycles. The molecule has 2 aromatic rings. The average molecular weight is 256 g/mol. The number of aromatic nitrogens is 4. The molecule has 0 spiro atoms. The van der Waals surface area contributed by atoms with Crippen molar-refractivity contribution in [3.63, 3.8) is 0 Å². The van der Waals surface area contributed by atoms with Crippen molar-refractivity contribution in [3.05, 3.63) is 48.6 Å². The number of rotatable bonds is 5. The third-order valence-electron chi connectivity index (χ3n) is 3.57. The van der Waals surface area contributed by atoms with E-state index in [0.29, 0.717) is 5.92 Å². The van der Waals surface area contributed by atoms with Crippen molar-refractivity contribution in [2.75, 3.05) is 0 Å². The van der Waals surface area contributed by atoms with E-state index >= 15 is 0 Å². The lowest BCUT2D eigenvalue weighted by Crippen LogP contribution is -2.19. The van der Waals surface area contributed by atoms with Crippen LogP contribution in [-0.2, 0) is 5.41 Å². The van der Waals surface area contributed by atoms with Crippen LogP contribution >= 0.6 is 0 Å². The number of nitrogens with zero attached hydrogens (tertiary/aromatic N) is 4. The molecule has 0 aliphatic rings. The third-order valence-corrected chi connectivity index (χ3v) is 3.57. The lowest BCUT2D eigenvalue weighted by Gasteiger charge is -2.25. The van der Waals surface area contributed by atoms with Crippen LogP contribution in [-0.4, -0.2) is 19.9 Å². The molecule has 4 heteroatoms. The highest BCUT2D eigenvalue weighted by Crippen LogP contribution is 2.30. The molecule has 100 valence electrons. The van der Waals surface area contributed by atoms with Gasteiger partial charge in [-0.3, -0.25) is 0 Å². The van der Waals surface area contributed by atoms with Gasteiger partial charge in [-0.15, -0.1) is 0 Å². The van der Waals surface area contributed by atoms with Gasteiger partial charge in [-0.2, -0.15) is 0 Å². The lowest BCUT2D eigenvalue weighted by atomic mass is 9.80. The van der Waals surface area contributed by atoms with Crippen molar-refractivity contribution in [2.24, 2.45) is 0 Å². The summed E-state index contributed by atoms with van der Waals surface area (Å²) in [5, 5.41) is 0. The molecule has 2 heterocycles. The molecule has 2 aromatic heterocycles. The Labute approximate surface area is 114 Å². The number of hydrogen-bond acceptors (Lipinski definition) is 4. The quantitative estimate of drug-likeness (QED) is 0.824. The molecule has 0 amide bonds. The zero-order valence-electron chi connectivity index (χ0n) is 11.7.